The lowest BCUT2D eigenvalue weighted by Crippen LogP contribution is -2.44. The molecule has 1 aromatic heterocycles. The quantitative estimate of drug-likeness (QED) is 0.696. The minimum absolute atomic E-state index is 0.0101. The summed E-state index contributed by atoms with van der Waals surface area (Å²) in [5.41, 5.74) is 0.526. The van der Waals surface area contributed by atoms with Gasteiger partial charge in [0.15, 0.2) is 0 Å². The van der Waals surface area contributed by atoms with Crippen molar-refractivity contribution in [2.24, 2.45) is 5.92 Å². The second kappa shape index (κ2) is 10.6. The molecule has 2 heterocycles. The second-order valence-electron chi connectivity index (χ2n) is 7.95. The molecule has 0 spiro atoms. The Morgan fingerprint density at radius 3 is 2.47 bits per heavy atom. The number of methoxy groups -OCH3 is 1. The van der Waals surface area contributed by atoms with Crippen LogP contribution in [0.1, 0.15) is 37.0 Å². The lowest BCUT2D eigenvalue weighted by atomic mass is 9.96. The van der Waals surface area contributed by atoms with Gasteiger partial charge in [-0.1, -0.05) is 0 Å². The highest BCUT2D eigenvalue weighted by molar-refractivity contribution is 7.14. The van der Waals surface area contributed by atoms with Gasteiger partial charge in [-0.3, -0.25) is 14.5 Å². The molecule has 1 fully saturated rings. The van der Waals surface area contributed by atoms with Gasteiger partial charge in [0.25, 0.3) is 5.91 Å². The number of ether oxygens (including phenoxy) is 1. The van der Waals surface area contributed by atoms with Gasteiger partial charge in [0.1, 0.15) is 12.3 Å². The SMILES string of the molecule is COc1ccc(C(=O)N(CC(=O)NCC2CCN(C(C)C)CC2)c2cccs2)cc1. The molecule has 162 valence electrons. The first kappa shape index (κ1) is 22.3. The summed E-state index contributed by atoms with van der Waals surface area (Å²) in [5, 5.41) is 5.71. The van der Waals surface area contributed by atoms with E-state index in [9.17, 15) is 9.59 Å². The number of piperidine rings is 1. The first-order valence-electron chi connectivity index (χ1n) is 10.5. The Morgan fingerprint density at radius 2 is 1.90 bits per heavy atom. The van der Waals surface area contributed by atoms with Crippen LogP contribution < -0.4 is 15.0 Å². The van der Waals surface area contributed by atoms with Gasteiger partial charge in [-0.05, 0) is 87.5 Å². The predicted octanol–water partition coefficient (Wildman–Crippen LogP) is 3.64. The third-order valence-electron chi connectivity index (χ3n) is 5.62. The standard InChI is InChI=1S/C23H31N3O3S/c1-17(2)25-12-10-18(11-13-25)15-24-21(27)16-26(22-5-4-14-30-22)23(28)19-6-8-20(29-3)9-7-19/h4-9,14,17-18H,10-13,15-16H2,1-3H3,(H,24,27). The van der Waals surface area contributed by atoms with Crippen LogP contribution in [0, 0.1) is 5.92 Å². The number of rotatable bonds is 8. The summed E-state index contributed by atoms with van der Waals surface area (Å²) < 4.78 is 5.17. The number of nitrogens with zero attached hydrogens (tertiary/aromatic N) is 2. The molecule has 1 saturated heterocycles. The highest BCUT2D eigenvalue weighted by atomic mass is 32.1. The maximum Gasteiger partial charge on any atom is 0.259 e. The van der Waals surface area contributed by atoms with Gasteiger partial charge >= 0.3 is 0 Å². The van der Waals surface area contributed by atoms with Gasteiger partial charge in [-0.15, -0.1) is 11.3 Å². The number of nitrogens with one attached hydrogen (secondary N) is 1. The largest absolute Gasteiger partial charge is 0.497 e. The van der Waals surface area contributed by atoms with E-state index in [0.29, 0.717) is 29.8 Å². The summed E-state index contributed by atoms with van der Waals surface area (Å²) >= 11 is 1.45. The summed E-state index contributed by atoms with van der Waals surface area (Å²) in [7, 11) is 1.59. The van der Waals surface area contributed by atoms with Gasteiger partial charge in [-0.2, -0.15) is 0 Å². The molecule has 1 N–H and O–H groups in total. The third kappa shape index (κ3) is 5.83. The molecule has 6 nitrogen and oxygen atoms in total. The number of benzene rings is 1. The number of thiophene rings is 1. The van der Waals surface area contributed by atoms with Crippen LogP contribution >= 0.6 is 11.3 Å². The molecule has 30 heavy (non-hydrogen) atoms. The number of carbonyl (C=O) groups excluding carboxylic acids is 2. The molecule has 3 rings (SSSR count). The molecule has 0 radical (unpaired) electrons. The highest BCUT2D eigenvalue weighted by Gasteiger charge is 2.24. The van der Waals surface area contributed by atoms with E-state index in [1.807, 2.05) is 17.5 Å². The monoisotopic (exact) mass is 429 g/mol. The smallest absolute Gasteiger partial charge is 0.259 e. The van der Waals surface area contributed by atoms with Gasteiger partial charge < -0.3 is 15.0 Å². The van der Waals surface area contributed by atoms with Gasteiger partial charge in [-0.25, -0.2) is 0 Å². The van der Waals surface area contributed by atoms with Crippen molar-refractivity contribution in [2.45, 2.75) is 32.7 Å². The molecule has 0 bridgehead atoms. The zero-order valence-corrected chi connectivity index (χ0v) is 18.8. The fourth-order valence-corrected chi connectivity index (χ4v) is 4.42. The van der Waals surface area contributed by atoms with Crippen LogP contribution in [0.25, 0.3) is 0 Å². The van der Waals surface area contributed by atoms with Crippen molar-refractivity contribution in [2.75, 3.05) is 38.2 Å². The van der Waals surface area contributed by atoms with E-state index in [1.54, 1.807) is 36.3 Å². The Bertz CT molecular complexity index is 813. The van der Waals surface area contributed by atoms with Crippen molar-refractivity contribution in [3.8, 4) is 5.75 Å². The Hall–Kier alpha value is -2.38. The summed E-state index contributed by atoms with van der Waals surface area (Å²) in [5.74, 6) is 0.865. The van der Waals surface area contributed by atoms with Crippen molar-refractivity contribution in [3.05, 3.63) is 47.3 Å². The highest BCUT2D eigenvalue weighted by Crippen LogP contribution is 2.24. The van der Waals surface area contributed by atoms with E-state index >= 15 is 0 Å². The number of hydrogen-bond donors (Lipinski definition) is 1. The van der Waals surface area contributed by atoms with E-state index in [-0.39, 0.29) is 18.4 Å². The number of amides is 2. The zero-order chi connectivity index (χ0) is 21.5. The Morgan fingerprint density at radius 1 is 1.20 bits per heavy atom. The molecular formula is C23H31N3O3S. The third-order valence-corrected chi connectivity index (χ3v) is 6.51. The van der Waals surface area contributed by atoms with Crippen LogP contribution in [0.4, 0.5) is 5.00 Å². The zero-order valence-electron chi connectivity index (χ0n) is 18.0. The molecule has 1 aromatic carbocycles. The van der Waals surface area contributed by atoms with Crippen molar-refractivity contribution in [1.29, 1.82) is 0 Å². The van der Waals surface area contributed by atoms with E-state index in [1.165, 1.54) is 11.3 Å². The fraction of sp³-hybridized carbons (Fsp3) is 0.478. The van der Waals surface area contributed by atoms with Crippen LogP contribution in [-0.4, -0.2) is 56.0 Å². The van der Waals surface area contributed by atoms with Crippen LogP contribution in [0.3, 0.4) is 0 Å². The van der Waals surface area contributed by atoms with Crippen molar-refractivity contribution in [1.82, 2.24) is 10.2 Å². The second-order valence-corrected chi connectivity index (χ2v) is 8.87. The minimum atomic E-state index is -0.194. The molecular weight excluding hydrogens is 398 g/mol. The Labute approximate surface area is 182 Å². The number of anilines is 1. The number of carbonyl (C=O) groups is 2. The molecule has 2 aromatic rings. The molecule has 0 atom stereocenters. The molecule has 1 aliphatic heterocycles. The molecule has 0 saturated carbocycles. The van der Waals surface area contributed by atoms with Crippen molar-refractivity contribution < 1.29 is 14.3 Å². The van der Waals surface area contributed by atoms with Crippen LogP contribution in [0.5, 0.6) is 5.75 Å². The maximum absolute atomic E-state index is 13.1. The molecule has 0 unspecified atom stereocenters. The topological polar surface area (TPSA) is 61.9 Å². The first-order chi connectivity index (χ1) is 14.5. The van der Waals surface area contributed by atoms with E-state index in [4.69, 9.17) is 4.74 Å². The molecule has 7 heteroatoms. The van der Waals surface area contributed by atoms with Crippen LogP contribution in [-0.2, 0) is 4.79 Å². The molecule has 1 aliphatic rings. The maximum atomic E-state index is 13.1. The minimum Gasteiger partial charge on any atom is -0.497 e. The normalized spacial score (nSPS) is 15.2. The van der Waals surface area contributed by atoms with E-state index < -0.39 is 0 Å². The van der Waals surface area contributed by atoms with Gasteiger partial charge in [0.2, 0.25) is 5.91 Å². The lowest BCUT2D eigenvalue weighted by molar-refractivity contribution is -0.120. The molecule has 0 aliphatic carbocycles. The number of likely N-dealkylation sites (tertiary alicyclic amines) is 1. The van der Waals surface area contributed by atoms with Crippen molar-refractivity contribution in [3.63, 3.8) is 0 Å². The van der Waals surface area contributed by atoms with Crippen LogP contribution in [0.15, 0.2) is 41.8 Å². The number of hydrogen-bond acceptors (Lipinski definition) is 5. The van der Waals surface area contributed by atoms with E-state index in [2.05, 4.69) is 24.1 Å². The predicted molar refractivity (Wildman–Crippen MR) is 121 cm³/mol. The lowest BCUT2D eigenvalue weighted by Gasteiger charge is -2.34. The van der Waals surface area contributed by atoms with Crippen LogP contribution in [0.2, 0.25) is 0 Å². The van der Waals surface area contributed by atoms with Gasteiger partial charge in [0.05, 0.1) is 12.1 Å². The Kier molecular flexibility index (Phi) is 7.87. The first-order valence-corrected chi connectivity index (χ1v) is 11.4. The van der Waals surface area contributed by atoms with E-state index in [0.717, 1.165) is 30.9 Å². The summed E-state index contributed by atoms with van der Waals surface area (Å²) in [6, 6.07) is 11.3. The summed E-state index contributed by atoms with van der Waals surface area (Å²) in [4.78, 5) is 29.8. The van der Waals surface area contributed by atoms with Crippen molar-refractivity contribution >= 4 is 28.2 Å². The summed E-state index contributed by atoms with van der Waals surface area (Å²) in [6.07, 6.45) is 2.19. The summed E-state index contributed by atoms with van der Waals surface area (Å²) in [6.45, 7) is 7.28. The Balaban J connectivity index is 1.58. The average Bonchev–Trinajstić information content (AvgIpc) is 3.30. The average molecular weight is 430 g/mol. The molecule has 2 amide bonds. The fourth-order valence-electron chi connectivity index (χ4n) is 3.69. The van der Waals surface area contributed by atoms with Gasteiger partial charge in [0, 0.05) is 18.2 Å².